The average Bonchev–Trinajstić information content (AvgIpc) is 2.21. The number of rotatable bonds is 5. The van der Waals surface area contributed by atoms with Crippen LogP contribution in [-0.2, 0) is 9.59 Å². The van der Waals surface area contributed by atoms with Gasteiger partial charge < -0.3 is 20.6 Å². The van der Waals surface area contributed by atoms with Crippen LogP contribution < -0.4 is 5.73 Å². The summed E-state index contributed by atoms with van der Waals surface area (Å²) in [4.78, 5) is 35.8. The Morgan fingerprint density at radius 3 is 2.00 bits per heavy atom. The SMILES string of the molecule is CC(C(=O)O)N(C)C(=O)N(CC(N)=O)C(C)C. The minimum atomic E-state index is -1.11. The Morgan fingerprint density at radius 2 is 1.71 bits per heavy atom. The highest BCUT2D eigenvalue weighted by Crippen LogP contribution is 2.06. The number of urea groups is 1. The quantitative estimate of drug-likeness (QED) is 0.694. The first-order valence-electron chi connectivity index (χ1n) is 5.23. The first-order valence-corrected chi connectivity index (χ1v) is 5.23. The van der Waals surface area contributed by atoms with Crippen LogP contribution in [0.2, 0.25) is 0 Å². The molecular formula is C10H19N3O4. The fraction of sp³-hybridized carbons (Fsp3) is 0.700. The lowest BCUT2D eigenvalue weighted by atomic mass is 10.3. The van der Waals surface area contributed by atoms with Gasteiger partial charge in [-0.1, -0.05) is 0 Å². The Hall–Kier alpha value is -1.79. The first kappa shape index (κ1) is 15.2. The molecule has 0 rings (SSSR count). The van der Waals surface area contributed by atoms with E-state index >= 15 is 0 Å². The zero-order chi connectivity index (χ0) is 13.7. The molecule has 0 aromatic heterocycles. The molecule has 0 saturated heterocycles. The van der Waals surface area contributed by atoms with E-state index in [1.165, 1.54) is 18.9 Å². The summed E-state index contributed by atoms with van der Waals surface area (Å²) in [5.41, 5.74) is 5.04. The number of carboxylic acid groups (broad SMARTS) is 1. The van der Waals surface area contributed by atoms with Gasteiger partial charge >= 0.3 is 12.0 Å². The molecule has 0 aromatic rings. The Bertz CT molecular complexity index is 317. The third kappa shape index (κ3) is 4.29. The van der Waals surface area contributed by atoms with E-state index in [1.54, 1.807) is 13.8 Å². The van der Waals surface area contributed by atoms with Crippen LogP contribution in [0.3, 0.4) is 0 Å². The molecule has 98 valence electrons. The smallest absolute Gasteiger partial charge is 0.326 e. The third-order valence-electron chi connectivity index (χ3n) is 2.44. The minimum absolute atomic E-state index is 0.229. The molecule has 0 saturated carbocycles. The van der Waals surface area contributed by atoms with Crippen molar-refractivity contribution < 1.29 is 19.5 Å². The standard InChI is InChI=1S/C10H19N3O4/c1-6(2)13(5-8(11)14)10(17)12(4)7(3)9(15)16/h6-7H,5H2,1-4H3,(H2,11,14)(H,15,16). The number of nitrogens with zero attached hydrogens (tertiary/aromatic N) is 2. The van der Waals surface area contributed by atoms with Crippen molar-refractivity contribution in [3.8, 4) is 0 Å². The number of likely N-dealkylation sites (N-methyl/N-ethyl adjacent to an activating group) is 1. The summed E-state index contributed by atoms with van der Waals surface area (Å²) in [7, 11) is 1.37. The van der Waals surface area contributed by atoms with Crippen LogP contribution in [0.15, 0.2) is 0 Å². The summed E-state index contributed by atoms with van der Waals surface area (Å²) in [6, 6.07) is -1.73. The highest BCUT2D eigenvalue weighted by atomic mass is 16.4. The van der Waals surface area contributed by atoms with Crippen LogP contribution in [0.4, 0.5) is 4.79 Å². The van der Waals surface area contributed by atoms with Gasteiger partial charge in [0.25, 0.3) is 0 Å². The van der Waals surface area contributed by atoms with Crippen molar-refractivity contribution in [2.24, 2.45) is 5.73 Å². The Balaban J connectivity index is 4.83. The average molecular weight is 245 g/mol. The van der Waals surface area contributed by atoms with Crippen molar-refractivity contribution in [1.82, 2.24) is 9.80 Å². The van der Waals surface area contributed by atoms with Crippen LogP contribution in [-0.4, -0.2) is 58.5 Å². The highest BCUT2D eigenvalue weighted by molar-refractivity contribution is 5.86. The molecule has 7 heteroatoms. The Kier molecular flexibility index (Phi) is 5.43. The molecule has 3 N–H and O–H groups in total. The molecule has 0 fully saturated rings. The van der Waals surface area contributed by atoms with Crippen LogP contribution in [0.5, 0.6) is 0 Å². The van der Waals surface area contributed by atoms with E-state index in [0.717, 1.165) is 4.90 Å². The third-order valence-corrected chi connectivity index (χ3v) is 2.44. The second-order valence-electron chi connectivity index (χ2n) is 4.10. The molecule has 17 heavy (non-hydrogen) atoms. The molecule has 1 atom stereocenters. The van der Waals surface area contributed by atoms with Gasteiger partial charge in [0.1, 0.15) is 12.6 Å². The number of hydrogen-bond donors (Lipinski definition) is 2. The lowest BCUT2D eigenvalue weighted by molar-refractivity contribution is -0.141. The van der Waals surface area contributed by atoms with E-state index < -0.39 is 23.9 Å². The molecule has 0 aliphatic carbocycles. The van der Waals surface area contributed by atoms with Crippen molar-refractivity contribution in [1.29, 1.82) is 0 Å². The Labute approximate surface area is 100 Å². The van der Waals surface area contributed by atoms with E-state index in [1.807, 2.05) is 0 Å². The maximum Gasteiger partial charge on any atom is 0.326 e. The summed E-state index contributed by atoms with van der Waals surface area (Å²) < 4.78 is 0. The van der Waals surface area contributed by atoms with Crippen LogP contribution in [0.25, 0.3) is 0 Å². The van der Waals surface area contributed by atoms with Crippen molar-refractivity contribution >= 4 is 17.9 Å². The molecule has 0 heterocycles. The fourth-order valence-corrected chi connectivity index (χ4v) is 1.17. The van der Waals surface area contributed by atoms with Crippen molar-refractivity contribution in [2.75, 3.05) is 13.6 Å². The fourth-order valence-electron chi connectivity index (χ4n) is 1.17. The predicted molar refractivity (Wildman–Crippen MR) is 61.3 cm³/mol. The number of carboxylic acids is 1. The van der Waals surface area contributed by atoms with E-state index in [4.69, 9.17) is 10.8 Å². The van der Waals surface area contributed by atoms with E-state index in [0.29, 0.717) is 0 Å². The predicted octanol–water partition coefficient (Wildman–Crippen LogP) is -0.293. The topological polar surface area (TPSA) is 104 Å². The summed E-state index contributed by atoms with van der Waals surface area (Å²) >= 11 is 0. The zero-order valence-corrected chi connectivity index (χ0v) is 10.5. The molecule has 0 bridgehead atoms. The van der Waals surface area contributed by atoms with Gasteiger partial charge in [-0.05, 0) is 20.8 Å². The van der Waals surface area contributed by atoms with Crippen molar-refractivity contribution in [2.45, 2.75) is 32.9 Å². The molecule has 0 aliphatic rings. The van der Waals surface area contributed by atoms with Gasteiger partial charge in [-0.2, -0.15) is 0 Å². The molecule has 0 spiro atoms. The van der Waals surface area contributed by atoms with E-state index in [-0.39, 0.29) is 12.6 Å². The number of aliphatic carboxylic acids is 1. The number of carbonyl (C=O) groups excluding carboxylic acids is 2. The summed E-state index contributed by atoms with van der Waals surface area (Å²) in [6.07, 6.45) is 0. The monoisotopic (exact) mass is 245 g/mol. The molecule has 3 amide bonds. The number of carbonyl (C=O) groups is 3. The largest absolute Gasteiger partial charge is 0.480 e. The number of nitrogens with two attached hydrogens (primary N) is 1. The normalized spacial score (nSPS) is 12.1. The van der Waals surface area contributed by atoms with Crippen molar-refractivity contribution in [3.63, 3.8) is 0 Å². The van der Waals surface area contributed by atoms with Gasteiger partial charge in [-0.25, -0.2) is 9.59 Å². The van der Waals surface area contributed by atoms with E-state index in [2.05, 4.69) is 0 Å². The zero-order valence-electron chi connectivity index (χ0n) is 10.5. The maximum atomic E-state index is 11.9. The maximum absolute atomic E-state index is 11.9. The molecular weight excluding hydrogens is 226 g/mol. The van der Waals surface area contributed by atoms with Crippen LogP contribution in [0, 0.1) is 0 Å². The number of primary amides is 1. The van der Waals surface area contributed by atoms with Crippen molar-refractivity contribution in [3.05, 3.63) is 0 Å². The van der Waals surface area contributed by atoms with Gasteiger partial charge in [-0.3, -0.25) is 4.79 Å². The van der Waals surface area contributed by atoms with Gasteiger partial charge in [-0.15, -0.1) is 0 Å². The van der Waals surface area contributed by atoms with Crippen LogP contribution >= 0.6 is 0 Å². The lowest BCUT2D eigenvalue weighted by Crippen LogP contribution is -2.52. The van der Waals surface area contributed by atoms with Gasteiger partial charge in [0, 0.05) is 13.1 Å². The lowest BCUT2D eigenvalue weighted by Gasteiger charge is -2.32. The highest BCUT2D eigenvalue weighted by Gasteiger charge is 2.28. The summed E-state index contributed by atoms with van der Waals surface area (Å²) in [6.45, 7) is 4.61. The summed E-state index contributed by atoms with van der Waals surface area (Å²) in [5.74, 6) is -1.74. The molecule has 1 unspecified atom stereocenters. The molecule has 0 aliphatic heterocycles. The number of amides is 3. The minimum Gasteiger partial charge on any atom is -0.480 e. The molecule has 7 nitrogen and oxygen atoms in total. The van der Waals surface area contributed by atoms with Gasteiger partial charge in [0.2, 0.25) is 5.91 Å². The molecule has 0 radical (unpaired) electrons. The first-order chi connectivity index (χ1) is 7.68. The molecule has 0 aromatic carbocycles. The number of hydrogen-bond acceptors (Lipinski definition) is 3. The second-order valence-corrected chi connectivity index (χ2v) is 4.10. The van der Waals surface area contributed by atoms with Crippen LogP contribution in [0.1, 0.15) is 20.8 Å². The second kappa shape index (κ2) is 6.07. The van der Waals surface area contributed by atoms with Gasteiger partial charge in [0.15, 0.2) is 0 Å². The van der Waals surface area contributed by atoms with Gasteiger partial charge in [0.05, 0.1) is 0 Å². The Morgan fingerprint density at radius 1 is 1.24 bits per heavy atom. The summed E-state index contributed by atoms with van der Waals surface area (Å²) in [5, 5.41) is 8.80. The van der Waals surface area contributed by atoms with E-state index in [9.17, 15) is 14.4 Å².